The van der Waals surface area contributed by atoms with Crippen LogP contribution in [0.2, 0.25) is 0 Å². The minimum Gasteiger partial charge on any atom is -0.381 e. The summed E-state index contributed by atoms with van der Waals surface area (Å²) in [6, 6.07) is 14.3. The molecule has 0 bridgehead atoms. The topological polar surface area (TPSA) is 79.0 Å². The summed E-state index contributed by atoms with van der Waals surface area (Å²) in [6.45, 7) is 2.31. The molecule has 0 heterocycles. The summed E-state index contributed by atoms with van der Waals surface area (Å²) >= 11 is 0. The fraction of sp³-hybridized carbons (Fsp3) is 0.133. The van der Waals surface area contributed by atoms with Gasteiger partial charge in [0, 0.05) is 23.9 Å². The number of rotatable bonds is 4. The lowest BCUT2D eigenvalue weighted by Gasteiger charge is -2.07. The molecule has 0 amide bonds. The van der Waals surface area contributed by atoms with Gasteiger partial charge in [-0.25, -0.2) is 0 Å². The molecule has 20 heavy (non-hydrogen) atoms. The van der Waals surface area contributed by atoms with E-state index >= 15 is 0 Å². The zero-order valence-electron chi connectivity index (χ0n) is 11.0. The van der Waals surface area contributed by atoms with E-state index in [0.717, 1.165) is 11.3 Å². The van der Waals surface area contributed by atoms with Crippen LogP contribution in [0.3, 0.4) is 0 Å². The van der Waals surface area contributed by atoms with E-state index in [9.17, 15) is 10.1 Å². The third-order valence-electron chi connectivity index (χ3n) is 2.97. The van der Waals surface area contributed by atoms with Crippen LogP contribution >= 0.6 is 0 Å². The number of nitrogens with one attached hydrogen (secondary N) is 1. The highest BCUT2D eigenvalue weighted by molar-refractivity contribution is 5.53. The molecule has 0 aliphatic carbocycles. The Morgan fingerprint density at radius 3 is 2.50 bits per heavy atom. The lowest BCUT2D eigenvalue weighted by atomic mass is 10.1. The van der Waals surface area contributed by atoms with E-state index in [1.165, 1.54) is 6.07 Å². The first-order valence-electron chi connectivity index (χ1n) is 6.08. The first-order chi connectivity index (χ1) is 9.60. The molecule has 2 aromatic rings. The van der Waals surface area contributed by atoms with E-state index < -0.39 is 0 Å². The Hall–Kier alpha value is -2.87. The number of hydrogen-bond donors (Lipinski definition) is 1. The molecule has 2 aromatic carbocycles. The molecule has 5 heteroatoms. The quantitative estimate of drug-likeness (QED) is 0.680. The van der Waals surface area contributed by atoms with E-state index in [4.69, 9.17) is 5.26 Å². The average molecular weight is 267 g/mol. The Bertz CT molecular complexity index is 673. The highest BCUT2D eigenvalue weighted by atomic mass is 16.6. The van der Waals surface area contributed by atoms with Gasteiger partial charge in [0.2, 0.25) is 0 Å². The second kappa shape index (κ2) is 5.85. The normalized spacial score (nSPS) is 9.80. The van der Waals surface area contributed by atoms with Crippen molar-refractivity contribution in [2.24, 2.45) is 0 Å². The molecule has 0 aliphatic rings. The number of nitriles is 1. The van der Waals surface area contributed by atoms with Crippen LogP contribution in [0.5, 0.6) is 0 Å². The molecule has 0 aliphatic heterocycles. The van der Waals surface area contributed by atoms with Gasteiger partial charge in [0.25, 0.3) is 5.69 Å². The molecule has 100 valence electrons. The molecular formula is C15H13N3O2. The Morgan fingerprint density at radius 1 is 1.25 bits per heavy atom. The molecule has 0 unspecified atom stereocenters. The number of anilines is 1. The maximum absolute atomic E-state index is 10.7. The van der Waals surface area contributed by atoms with E-state index in [1.54, 1.807) is 31.2 Å². The Kier molecular flexibility index (Phi) is 3.96. The molecule has 1 N–H and O–H groups in total. The highest BCUT2D eigenvalue weighted by Gasteiger charge is 2.09. The van der Waals surface area contributed by atoms with E-state index in [2.05, 4.69) is 11.4 Å². The molecule has 2 rings (SSSR count). The van der Waals surface area contributed by atoms with Gasteiger partial charge in [-0.2, -0.15) is 5.26 Å². The average Bonchev–Trinajstić information content (AvgIpc) is 2.45. The van der Waals surface area contributed by atoms with Crippen LogP contribution in [0.1, 0.15) is 16.7 Å². The summed E-state index contributed by atoms with van der Waals surface area (Å²) in [5.74, 6) is 0. The number of nitro benzene ring substituents is 1. The predicted molar refractivity (Wildman–Crippen MR) is 76.3 cm³/mol. The van der Waals surface area contributed by atoms with Crippen molar-refractivity contribution >= 4 is 11.4 Å². The van der Waals surface area contributed by atoms with Crippen LogP contribution in [-0.4, -0.2) is 4.92 Å². The van der Waals surface area contributed by atoms with Crippen LogP contribution in [0.15, 0.2) is 42.5 Å². The molecule has 0 aromatic heterocycles. The van der Waals surface area contributed by atoms with E-state index in [0.29, 0.717) is 17.7 Å². The molecule has 0 atom stereocenters. The van der Waals surface area contributed by atoms with Gasteiger partial charge in [-0.15, -0.1) is 0 Å². The Morgan fingerprint density at radius 2 is 1.95 bits per heavy atom. The molecular weight excluding hydrogens is 254 g/mol. The summed E-state index contributed by atoms with van der Waals surface area (Å²) in [5, 5.41) is 22.6. The summed E-state index contributed by atoms with van der Waals surface area (Å²) in [7, 11) is 0. The summed E-state index contributed by atoms with van der Waals surface area (Å²) in [4.78, 5) is 10.3. The molecule has 0 fully saturated rings. The highest BCUT2D eigenvalue weighted by Crippen LogP contribution is 2.21. The summed E-state index contributed by atoms with van der Waals surface area (Å²) in [6.07, 6.45) is 0. The van der Waals surface area contributed by atoms with Gasteiger partial charge in [0.1, 0.15) is 0 Å². The second-order valence-electron chi connectivity index (χ2n) is 4.42. The van der Waals surface area contributed by atoms with Crippen LogP contribution in [-0.2, 0) is 6.54 Å². The zero-order valence-corrected chi connectivity index (χ0v) is 11.0. The van der Waals surface area contributed by atoms with Crippen LogP contribution in [0, 0.1) is 28.4 Å². The largest absolute Gasteiger partial charge is 0.381 e. The second-order valence-corrected chi connectivity index (χ2v) is 4.42. The number of nitro groups is 1. The van der Waals surface area contributed by atoms with Crippen LogP contribution in [0.25, 0.3) is 0 Å². The van der Waals surface area contributed by atoms with Crippen molar-refractivity contribution in [1.29, 1.82) is 5.26 Å². The van der Waals surface area contributed by atoms with Crippen molar-refractivity contribution in [3.63, 3.8) is 0 Å². The van der Waals surface area contributed by atoms with Gasteiger partial charge in [-0.05, 0) is 36.8 Å². The van der Waals surface area contributed by atoms with Crippen molar-refractivity contribution in [2.45, 2.75) is 13.5 Å². The monoisotopic (exact) mass is 267 g/mol. The number of benzene rings is 2. The molecule has 0 radical (unpaired) electrons. The molecule has 0 saturated carbocycles. The van der Waals surface area contributed by atoms with Gasteiger partial charge >= 0.3 is 0 Å². The maximum Gasteiger partial charge on any atom is 0.272 e. The van der Waals surface area contributed by atoms with Gasteiger partial charge in [-0.1, -0.05) is 12.1 Å². The molecule has 5 nitrogen and oxygen atoms in total. The van der Waals surface area contributed by atoms with Crippen molar-refractivity contribution in [3.05, 3.63) is 69.3 Å². The SMILES string of the molecule is Cc1cc(NCc2ccc(C#N)cc2)ccc1[N+](=O)[O-]. The number of hydrogen-bond acceptors (Lipinski definition) is 4. The lowest BCUT2D eigenvalue weighted by molar-refractivity contribution is -0.385. The number of nitrogens with zero attached hydrogens (tertiary/aromatic N) is 2. The van der Waals surface area contributed by atoms with Crippen molar-refractivity contribution < 1.29 is 4.92 Å². The van der Waals surface area contributed by atoms with Crippen molar-refractivity contribution in [1.82, 2.24) is 0 Å². The minimum absolute atomic E-state index is 0.119. The number of aryl methyl sites for hydroxylation is 1. The van der Waals surface area contributed by atoms with Crippen LogP contribution < -0.4 is 5.32 Å². The van der Waals surface area contributed by atoms with Crippen LogP contribution in [0.4, 0.5) is 11.4 Å². The van der Waals surface area contributed by atoms with Gasteiger partial charge in [0.05, 0.1) is 16.6 Å². The predicted octanol–water partition coefficient (Wildman–Crippen LogP) is 3.39. The Balaban J connectivity index is 2.05. The fourth-order valence-corrected chi connectivity index (χ4v) is 1.87. The summed E-state index contributed by atoms with van der Waals surface area (Å²) in [5.41, 5.74) is 3.24. The molecule has 0 saturated heterocycles. The van der Waals surface area contributed by atoms with Crippen molar-refractivity contribution in [3.8, 4) is 6.07 Å². The van der Waals surface area contributed by atoms with Gasteiger partial charge in [0.15, 0.2) is 0 Å². The molecule has 0 spiro atoms. The first-order valence-corrected chi connectivity index (χ1v) is 6.08. The van der Waals surface area contributed by atoms with E-state index in [-0.39, 0.29) is 10.6 Å². The Labute approximate surface area is 116 Å². The van der Waals surface area contributed by atoms with Gasteiger partial charge < -0.3 is 5.32 Å². The smallest absolute Gasteiger partial charge is 0.272 e. The summed E-state index contributed by atoms with van der Waals surface area (Å²) < 4.78 is 0. The zero-order chi connectivity index (χ0) is 14.5. The van der Waals surface area contributed by atoms with Crippen molar-refractivity contribution in [2.75, 3.05) is 5.32 Å². The standard InChI is InChI=1S/C15H13N3O2/c1-11-8-14(6-7-15(11)18(19)20)17-10-13-4-2-12(9-16)3-5-13/h2-8,17H,10H2,1H3. The minimum atomic E-state index is -0.389. The maximum atomic E-state index is 10.7. The third kappa shape index (κ3) is 3.12. The first kappa shape index (κ1) is 13.6. The fourth-order valence-electron chi connectivity index (χ4n) is 1.87. The van der Waals surface area contributed by atoms with E-state index in [1.807, 2.05) is 12.1 Å². The third-order valence-corrected chi connectivity index (χ3v) is 2.97. The van der Waals surface area contributed by atoms with Gasteiger partial charge in [-0.3, -0.25) is 10.1 Å². The lowest BCUT2D eigenvalue weighted by Crippen LogP contribution is -2.00.